The van der Waals surface area contributed by atoms with Crippen LogP contribution in [-0.4, -0.2) is 37.0 Å². The third-order valence-corrected chi connectivity index (χ3v) is 12.4. The van der Waals surface area contributed by atoms with Crippen LogP contribution in [0.25, 0.3) is 0 Å². The lowest BCUT2D eigenvalue weighted by Gasteiger charge is -2.09. The Kier molecular flexibility index (Phi) is 14.3. The Bertz CT molecular complexity index is 1950. The van der Waals surface area contributed by atoms with E-state index < -0.39 is 31.3 Å². The summed E-state index contributed by atoms with van der Waals surface area (Å²) in [5, 5.41) is 0. The van der Waals surface area contributed by atoms with Crippen molar-refractivity contribution in [3.8, 4) is 11.5 Å². The second-order valence-corrected chi connectivity index (χ2v) is 17.3. The monoisotopic (exact) mass is 870 g/mol. The van der Waals surface area contributed by atoms with E-state index in [2.05, 4.69) is 140 Å². The lowest BCUT2D eigenvalue weighted by Crippen LogP contribution is -3.61. The minimum absolute atomic E-state index is 0.146. The Labute approximate surface area is 298 Å². The van der Waals surface area contributed by atoms with E-state index in [4.69, 9.17) is 30.7 Å². The minimum atomic E-state index is -6.09. The van der Waals surface area contributed by atoms with Gasteiger partial charge in [0.25, 0.3) is 0 Å². The molecule has 0 radical (unpaired) electrons. The van der Waals surface area contributed by atoms with Gasteiger partial charge in [0.05, 0.1) is 10.9 Å². The van der Waals surface area contributed by atoms with Crippen molar-refractivity contribution in [2.75, 3.05) is 0 Å². The number of benzene rings is 5. The fourth-order valence-corrected chi connectivity index (χ4v) is 8.11. The Morgan fingerprint density at radius 1 is 0.540 bits per heavy atom. The number of halogens is 7. The summed E-state index contributed by atoms with van der Waals surface area (Å²) in [6.45, 7) is 2.19. The van der Waals surface area contributed by atoms with Gasteiger partial charge in [-0.3, -0.25) is 0 Å². The van der Waals surface area contributed by atoms with Crippen LogP contribution < -0.4 is 25.9 Å². The van der Waals surface area contributed by atoms with E-state index in [0.717, 1.165) is 11.5 Å². The van der Waals surface area contributed by atoms with Gasteiger partial charge >= 0.3 is 32.2 Å². The zero-order valence-electron chi connectivity index (χ0n) is 25.4. The third-order valence-electron chi connectivity index (χ3n) is 5.92. The molecule has 7 nitrogen and oxygen atoms in total. The molecule has 0 amide bonds. The average molecular weight is 871 g/mol. The second kappa shape index (κ2) is 17.5. The largest absolute Gasteiger partial charge is 0.741 e. The summed E-state index contributed by atoms with van der Waals surface area (Å²) in [6.07, 6.45) is 0. The van der Waals surface area contributed by atoms with Crippen LogP contribution in [0.15, 0.2) is 148 Å². The van der Waals surface area contributed by atoms with Gasteiger partial charge < -0.3 is 13.8 Å². The van der Waals surface area contributed by atoms with Crippen LogP contribution in [0.4, 0.5) is 26.3 Å². The van der Waals surface area contributed by atoms with Crippen molar-refractivity contribution in [1.82, 2.24) is 0 Å². The number of hydrogen-bond acceptors (Lipinski definition) is 7. The molecule has 17 heteroatoms. The Morgan fingerprint density at radius 2 is 0.880 bits per heavy atom. The Balaban J connectivity index is 0.000000352. The minimum Gasteiger partial charge on any atom is -0.741 e. The summed E-state index contributed by atoms with van der Waals surface area (Å²) in [5.41, 5.74) is -9.92. The number of rotatable bonds is 7. The molecule has 5 aromatic rings. The maximum Gasteiger partial charge on any atom is 0.485 e. The molecule has 0 spiro atoms. The highest BCUT2D eigenvalue weighted by molar-refractivity contribution is 7.97. The van der Waals surface area contributed by atoms with E-state index in [1.165, 1.54) is 27.4 Å². The molecule has 0 atom stereocenters. The first-order valence-corrected chi connectivity index (χ1v) is 19.9. The van der Waals surface area contributed by atoms with E-state index >= 15 is 0 Å². The first-order chi connectivity index (χ1) is 23.3. The van der Waals surface area contributed by atoms with Crippen LogP contribution in [-0.2, 0) is 31.1 Å². The maximum absolute atomic E-state index is 10.7. The van der Waals surface area contributed by atoms with E-state index in [9.17, 15) is 26.3 Å². The highest BCUT2D eigenvalue weighted by Crippen LogP contribution is 2.32. The topological polar surface area (TPSA) is 124 Å². The Morgan fingerprint density at radius 3 is 1.26 bits per heavy atom. The van der Waals surface area contributed by atoms with E-state index in [1.54, 1.807) is 0 Å². The molecular formula is C33H25F6IO7S3. The van der Waals surface area contributed by atoms with Gasteiger partial charge in [-0.2, -0.15) is 26.3 Å². The highest BCUT2D eigenvalue weighted by atomic mass is 127. The van der Waals surface area contributed by atoms with Crippen molar-refractivity contribution in [2.24, 2.45) is 0 Å². The number of hydrogen-bond donors (Lipinski definition) is 0. The number of ether oxygens (including phenoxy) is 1. The van der Waals surface area contributed by atoms with E-state index in [0.29, 0.717) is 0 Å². The van der Waals surface area contributed by atoms with E-state index in [-0.39, 0.29) is 32.1 Å². The van der Waals surface area contributed by atoms with Gasteiger partial charge in [-0.1, -0.05) is 54.6 Å². The lowest BCUT2D eigenvalue weighted by atomic mass is 10.2. The predicted molar refractivity (Wildman–Crippen MR) is 168 cm³/mol. The normalized spacial score (nSPS) is 11.9. The molecule has 266 valence electrons. The zero-order chi connectivity index (χ0) is 37.2. The van der Waals surface area contributed by atoms with Crippen molar-refractivity contribution >= 4 is 31.1 Å². The molecule has 0 N–H and O–H groups in total. The molecule has 5 rings (SSSR count). The molecule has 0 saturated heterocycles. The molecule has 0 fully saturated rings. The zero-order valence-corrected chi connectivity index (χ0v) is 30.0. The summed E-state index contributed by atoms with van der Waals surface area (Å²) in [7, 11) is -12.3. The molecule has 0 aromatic heterocycles. The standard InChI is InChI=1S/C31H25IOS.2CHF3O3S/c1-24-10-8-9-15-31(24)32-25-16-18-26(19-17-25)33-27-20-22-30(23-21-27)34(28-11-4-2-5-12-28)29-13-6-3-7-14-29;2*2-1(3,4)8(5,6)7/h2-23H,1H3;2*(H,5,6,7)/q+2;;/p-2. The first kappa shape index (κ1) is 40.8. The van der Waals surface area contributed by atoms with E-state index in [1.807, 2.05) is 0 Å². The molecule has 0 aliphatic rings. The third kappa shape index (κ3) is 12.6. The predicted octanol–water partition coefficient (Wildman–Crippen LogP) is 5.11. The average Bonchev–Trinajstić information content (AvgIpc) is 3.04. The molecular weight excluding hydrogens is 845 g/mol. The SMILES string of the molecule is Cc1ccccc1[I+]c1ccc(Oc2ccc([S+](c3ccccc3)c3ccccc3)cc2)cc1.O=S(=O)([O-])C(F)(F)F.O=S(=O)([O-])C(F)(F)F. The number of aryl methyl sites for hydroxylation is 1. The molecule has 0 unspecified atom stereocenters. The maximum atomic E-state index is 10.7. The van der Waals surface area contributed by atoms with Crippen LogP contribution in [0.3, 0.4) is 0 Å². The lowest BCUT2D eigenvalue weighted by molar-refractivity contribution is -0.598. The summed E-state index contributed by atoms with van der Waals surface area (Å²) >= 11 is -0.178. The molecule has 50 heavy (non-hydrogen) atoms. The molecule has 0 heterocycles. The van der Waals surface area contributed by atoms with Crippen LogP contribution in [0, 0.1) is 14.1 Å². The summed E-state index contributed by atoms with van der Waals surface area (Å²) < 4.78 is 127. The molecule has 0 saturated carbocycles. The van der Waals surface area contributed by atoms with Gasteiger partial charge in [0.1, 0.15) is 11.5 Å². The van der Waals surface area contributed by atoms with Crippen molar-refractivity contribution < 1.29 is 78.2 Å². The first-order valence-electron chi connectivity index (χ1n) is 13.7. The van der Waals surface area contributed by atoms with Crippen molar-refractivity contribution in [3.05, 3.63) is 146 Å². The molecule has 0 aliphatic heterocycles. The fourth-order valence-electron chi connectivity index (χ4n) is 3.64. The van der Waals surface area contributed by atoms with Crippen LogP contribution >= 0.6 is 0 Å². The van der Waals surface area contributed by atoms with Gasteiger partial charge in [0, 0.05) is 5.56 Å². The second-order valence-electron chi connectivity index (χ2n) is 9.60. The van der Waals surface area contributed by atoms with Crippen molar-refractivity contribution in [3.63, 3.8) is 0 Å². The van der Waals surface area contributed by atoms with Gasteiger partial charge in [-0.15, -0.1) is 0 Å². The van der Waals surface area contributed by atoms with Crippen LogP contribution in [0.5, 0.6) is 11.5 Å². The van der Waals surface area contributed by atoms with Gasteiger partial charge in [0.15, 0.2) is 42.1 Å². The van der Waals surface area contributed by atoms with Crippen molar-refractivity contribution in [2.45, 2.75) is 32.6 Å². The number of alkyl halides is 6. The van der Waals surface area contributed by atoms with Gasteiger partial charge in [0.2, 0.25) is 0 Å². The smallest absolute Gasteiger partial charge is 0.485 e. The summed E-state index contributed by atoms with van der Waals surface area (Å²) in [6, 6.07) is 47.2. The molecule has 5 aromatic carbocycles. The molecule has 0 aliphatic carbocycles. The van der Waals surface area contributed by atoms with Crippen molar-refractivity contribution in [1.29, 1.82) is 0 Å². The van der Waals surface area contributed by atoms with Crippen LogP contribution in [0.1, 0.15) is 5.56 Å². The van der Waals surface area contributed by atoms with Crippen LogP contribution in [0.2, 0.25) is 0 Å². The molecule has 0 bridgehead atoms. The van der Waals surface area contributed by atoms with Gasteiger partial charge in [-0.25, -0.2) is 16.8 Å². The summed E-state index contributed by atoms with van der Waals surface area (Å²) in [4.78, 5) is 3.91. The summed E-state index contributed by atoms with van der Waals surface area (Å²) in [5.74, 6) is 1.73. The Hall–Kier alpha value is -3.62. The quantitative estimate of drug-likeness (QED) is 0.0733. The highest BCUT2D eigenvalue weighted by Gasteiger charge is 2.37. The van der Waals surface area contributed by atoms with Gasteiger partial charge in [-0.05, 0) is 85.8 Å². The fraction of sp³-hybridized carbons (Fsp3) is 0.0909.